The van der Waals surface area contributed by atoms with Crippen LogP contribution in [0, 0.1) is 5.92 Å². The zero-order valence-electron chi connectivity index (χ0n) is 15.1. The van der Waals surface area contributed by atoms with Crippen LogP contribution >= 0.6 is 0 Å². The zero-order chi connectivity index (χ0) is 16.3. The summed E-state index contributed by atoms with van der Waals surface area (Å²) in [6, 6.07) is 8.56. The molecule has 130 valence electrons. The molecule has 2 atom stereocenters. The van der Waals surface area contributed by atoms with Gasteiger partial charge in [-0.25, -0.2) is 0 Å². The number of hydrogen-bond donors (Lipinski definition) is 0. The van der Waals surface area contributed by atoms with Crippen molar-refractivity contribution < 1.29 is 9.47 Å². The fraction of sp³-hybridized carbons (Fsp3) is 0.714. The van der Waals surface area contributed by atoms with Crippen LogP contribution in [-0.4, -0.2) is 13.2 Å². The van der Waals surface area contributed by atoms with Crippen LogP contribution < -0.4 is 4.74 Å². The molecule has 0 saturated carbocycles. The molecule has 1 fully saturated rings. The van der Waals surface area contributed by atoms with E-state index in [9.17, 15) is 0 Å². The Balaban J connectivity index is 1.70. The van der Waals surface area contributed by atoms with Gasteiger partial charge in [0.2, 0.25) is 0 Å². The van der Waals surface area contributed by atoms with E-state index in [0.717, 1.165) is 37.7 Å². The third kappa shape index (κ3) is 6.55. The van der Waals surface area contributed by atoms with Gasteiger partial charge in [0, 0.05) is 0 Å². The highest BCUT2D eigenvalue weighted by molar-refractivity contribution is 5.28. The predicted molar refractivity (Wildman–Crippen MR) is 97.0 cm³/mol. The van der Waals surface area contributed by atoms with Gasteiger partial charge in [-0.2, -0.15) is 0 Å². The van der Waals surface area contributed by atoms with Crippen molar-refractivity contribution in [3.8, 4) is 5.75 Å². The minimum atomic E-state index is 0.284. The molecule has 1 heterocycles. The summed E-state index contributed by atoms with van der Waals surface area (Å²) in [4.78, 5) is 0. The van der Waals surface area contributed by atoms with Crippen LogP contribution in [0.15, 0.2) is 24.3 Å². The normalized spacial score (nSPS) is 21.3. The van der Waals surface area contributed by atoms with Crippen molar-refractivity contribution in [3.63, 3.8) is 0 Å². The van der Waals surface area contributed by atoms with Gasteiger partial charge >= 0.3 is 0 Å². The topological polar surface area (TPSA) is 18.5 Å². The first-order chi connectivity index (χ1) is 11.3. The monoisotopic (exact) mass is 318 g/mol. The molecule has 0 amide bonds. The molecular weight excluding hydrogens is 284 g/mol. The molecule has 1 aromatic carbocycles. The third-order valence-electron chi connectivity index (χ3n) is 4.85. The molecular formula is C21H34O2. The van der Waals surface area contributed by atoms with Gasteiger partial charge in [-0.15, -0.1) is 0 Å². The molecule has 1 aromatic rings. The number of unbranched alkanes of at least 4 members (excludes halogenated alkanes) is 4. The first kappa shape index (κ1) is 18.3. The highest BCUT2D eigenvalue weighted by atomic mass is 16.5. The lowest BCUT2D eigenvalue weighted by Crippen LogP contribution is -2.20. The molecule has 0 bridgehead atoms. The Morgan fingerprint density at radius 3 is 2.39 bits per heavy atom. The lowest BCUT2D eigenvalue weighted by atomic mass is 9.91. The molecule has 0 radical (unpaired) electrons. The summed E-state index contributed by atoms with van der Waals surface area (Å²) in [6.07, 6.45) is 11.7. The van der Waals surface area contributed by atoms with Gasteiger partial charge in [0.25, 0.3) is 0 Å². The van der Waals surface area contributed by atoms with Crippen LogP contribution in [0.5, 0.6) is 5.75 Å². The molecule has 0 N–H and O–H groups in total. The summed E-state index contributed by atoms with van der Waals surface area (Å²) in [5.74, 6) is 1.76. The smallest absolute Gasteiger partial charge is 0.119 e. The largest absolute Gasteiger partial charge is 0.494 e. The fourth-order valence-electron chi connectivity index (χ4n) is 3.29. The number of benzene rings is 1. The van der Waals surface area contributed by atoms with Crippen LogP contribution in [0.3, 0.4) is 0 Å². The van der Waals surface area contributed by atoms with Crippen LogP contribution in [0.2, 0.25) is 0 Å². The molecule has 0 aromatic heterocycles. The Morgan fingerprint density at radius 2 is 1.74 bits per heavy atom. The van der Waals surface area contributed by atoms with E-state index in [4.69, 9.17) is 9.47 Å². The summed E-state index contributed by atoms with van der Waals surface area (Å²) >= 11 is 0. The maximum Gasteiger partial charge on any atom is 0.119 e. The van der Waals surface area contributed by atoms with Crippen LogP contribution in [-0.2, 0) is 4.74 Å². The summed E-state index contributed by atoms with van der Waals surface area (Å²) in [5, 5.41) is 0. The average molecular weight is 319 g/mol. The third-order valence-corrected chi connectivity index (χ3v) is 4.85. The van der Waals surface area contributed by atoms with Gasteiger partial charge in [-0.1, -0.05) is 58.1 Å². The predicted octanol–water partition coefficient (Wildman–Crippen LogP) is 6.30. The number of ether oxygens (including phenoxy) is 2. The second-order valence-electron chi connectivity index (χ2n) is 6.89. The van der Waals surface area contributed by atoms with E-state index in [-0.39, 0.29) is 6.10 Å². The van der Waals surface area contributed by atoms with E-state index in [1.807, 2.05) is 0 Å². The molecule has 0 spiro atoms. The van der Waals surface area contributed by atoms with Crippen molar-refractivity contribution in [3.05, 3.63) is 29.8 Å². The van der Waals surface area contributed by atoms with Crippen molar-refractivity contribution in [1.29, 1.82) is 0 Å². The van der Waals surface area contributed by atoms with Crippen molar-refractivity contribution in [2.24, 2.45) is 5.92 Å². The first-order valence-electron chi connectivity index (χ1n) is 9.67. The average Bonchev–Trinajstić information content (AvgIpc) is 2.61. The van der Waals surface area contributed by atoms with Crippen LogP contribution in [0.4, 0.5) is 0 Å². The van der Waals surface area contributed by atoms with Gasteiger partial charge in [0.15, 0.2) is 0 Å². The maximum atomic E-state index is 6.10. The summed E-state index contributed by atoms with van der Waals surface area (Å²) < 4.78 is 11.9. The SMILES string of the molecule is CCCCCCOc1ccc(C2CCC(CCCC)CO2)cc1. The summed E-state index contributed by atoms with van der Waals surface area (Å²) in [5.41, 5.74) is 1.30. The Hall–Kier alpha value is -1.02. The highest BCUT2D eigenvalue weighted by Gasteiger charge is 2.22. The fourth-order valence-corrected chi connectivity index (χ4v) is 3.29. The van der Waals surface area contributed by atoms with Gasteiger partial charge in [0.05, 0.1) is 19.3 Å². The molecule has 2 rings (SSSR count). The molecule has 23 heavy (non-hydrogen) atoms. The van der Waals surface area contributed by atoms with Crippen molar-refractivity contribution in [2.45, 2.75) is 77.7 Å². The van der Waals surface area contributed by atoms with Gasteiger partial charge < -0.3 is 9.47 Å². The molecule has 0 aliphatic carbocycles. The highest BCUT2D eigenvalue weighted by Crippen LogP contribution is 2.33. The maximum absolute atomic E-state index is 6.10. The molecule has 1 saturated heterocycles. The Labute approximate surface area is 142 Å². The second kappa shape index (κ2) is 10.7. The molecule has 2 heteroatoms. The molecule has 1 aliphatic heterocycles. The molecule has 1 aliphatic rings. The van der Waals surface area contributed by atoms with E-state index in [0.29, 0.717) is 0 Å². The van der Waals surface area contributed by atoms with E-state index in [1.54, 1.807) is 0 Å². The summed E-state index contributed by atoms with van der Waals surface area (Å²) in [7, 11) is 0. The second-order valence-corrected chi connectivity index (χ2v) is 6.89. The van der Waals surface area contributed by atoms with Gasteiger partial charge in [-0.05, 0) is 49.3 Å². The van der Waals surface area contributed by atoms with Gasteiger partial charge in [-0.3, -0.25) is 0 Å². The van der Waals surface area contributed by atoms with E-state index in [1.165, 1.54) is 50.5 Å². The summed E-state index contributed by atoms with van der Waals surface area (Å²) in [6.45, 7) is 6.26. The van der Waals surface area contributed by atoms with Crippen molar-refractivity contribution >= 4 is 0 Å². The molecule has 2 unspecified atom stereocenters. The van der Waals surface area contributed by atoms with Crippen LogP contribution in [0.1, 0.15) is 83.3 Å². The van der Waals surface area contributed by atoms with E-state index < -0.39 is 0 Å². The molecule has 2 nitrogen and oxygen atoms in total. The Kier molecular flexibility index (Phi) is 8.52. The van der Waals surface area contributed by atoms with Crippen molar-refractivity contribution in [1.82, 2.24) is 0 Å². The van der Waals surface area contributed by atoms with E-state index in [2.05, 4.69) is 38.1 Å². The van der Waals surface area contributed by atoms with Crippen LogP contribution in [0.25, 0.3) is 0 Å². The zero-order valence-corrected chi connectivity index (χ0v) is 15.1. The van der Waals surface area contributed by atoms with Crippen molar-refractivity contribution in [2.75, 3.05) is 13.2 Å². The quantitative estimate of drug-likeness (QED) is 0.471. The minimum absolute atomic E-state index is 0.284. The lowest BCUT2D eigenvalue weighted by Gasteiger charge is -2.29. The van der Waals surface area contributed by atoms with Gasteiger partial charge in [0.1, 0.15) is 5.75 Å². The van der Waals surface area contributed by atoms with E-state index >= 15 is 0 Å². The number of hydrogen-bond acceptors (Lipinski definition) is 2. The lowest BCUT2D eigenvalue weighted by molar-refractivity contribution is -0.0198. The standard InChI is InChI=1S/C21H34O2/c1-3-5-7-8-16-22-20-13-11-19(12-14-20)21-15-10-18(17-23-21)9-6-4-2/h11-14,18,21H,3-10,15-17H2,1-2H3. The minimum Gasteiger partial charge on any atom is -0.494 e. The first-order valence-corrected chi connectivity index (χ1v) is 9.67. The Bertz CT molecular complexity index is 404. The Morgan fingerprint density at radius 1 is 0.957 bits per heavy atom. The number of rotatable bonds is 10.